The Hall–Kier alpha value is -1.05. The van der Waals surface area contributed by atoms with Crippen molar-refractivity contribution in [2.24, 2.45) is 0 Å². The van der Waals surface area contributed by atoms with Gasteiger partial charge in [0.25, 0.3) is 5.91 Å². The zero-order valence-corrected chi connectivity index (χ0v) is 17.5. The first-order valence-electron chi connectivity index (χ1n) is 8.52. The molecule has 1 aliphatic heterocycles. The summed E-state index contributed by atoms with van der Waals surface area (Å²) in [6.45, 7) is 10.0. The van der Waals surface area contributed by atoms with Gasteiger partial charge in [-0.05, 0) is 35.8 Å². The smallest absolute Gasteiger partial charge is 0.327 e. The maximum absolute atomic E-state index is 14.3. The van der Waals surface area contributed by atoms with Crippen LogP contribution in [0.4, 0.5) is 13.2 Å². The number of halogens is 4. The number of rotatable bonds is 4. The summed E-state index contributed by atoms with van der Waals surface area (Å²) >= 11 is 5.98. The van der Waals surface area contributed by atoms with Crippen LogP contribution >= 0.6 is 11.6 Å². The molecular weight excluding hydrogens is 383 g/mol. The Kier molecular flexibility index (Phi) is 5.86. The average molecular weight is 408 g/mol. The van der Waals surface area contributed by atoms with E-state index in [4.69, 9.17) is 16.0 Å². The van der Waals surface area contributed by atoms with Crippen LogP contribution in [0.5, 0.6) is 0 Å². The molecule has 1 heterocycles. The lowest BCUT2D eigenvalue weighted by atomic mass is 10.0. The SMILES string of the molecule is CC(C)(C)[Si](C)(C)O[C@H]1CN(Cc2ccc(F)cc2Cl)C(=O)C(F)(F)C1. The van der Waals surface area contributed by atoms with Gasteiger partial charge >= 0.3 is 5.92 Å². The highest BCUT2D eigenvalue weighted by molar-refractivity contribution is 6.74. The normalized spacial score (nSPS) is 21.2. The first-order valence-corrected chi connectivity index (χ1v) is 11.8. The lowest BCUT2D eigenvalue weighted by molar-refractivity contribution is -0.172. The van der Waals surface area contributed by atoms with Crippen LogP contribution in [0.3, 0.4) is 0 Å². The van der Waals surface area contributed by atoms with Gasteiger partial charge in [-0.1, -0.05) is 38.4 Å². The molecule has 0 spiro atoms. The molecule has 0 bridgehead atoms. The molecule has 1 aromatic carbocycles. The van der Waals surface area contributed by atoms with Crippen LogP contribution < -0.4 is 0 Å². The van der Waals surface area contributed by atoms with Crippen LogP contribution in [0.1, 0.15) is 32.8 Å². The van der Waals surface area contributed by atoms with Crippen LogP contribution in [0.25, 0.3) is 0 Å². The minimum atomic E-state index is -3.49. The highest BCUT2D eigenvalue weighted by Gasteiger charge is 2.51. The Morgan fingerprint density at radius 1 is 1.35 bits per heavy atom. The van der Waals surface area contributed by atoms with E-state index in [-0.39, 0.29) is 23.2 Å². The molecule has 0 aromatic heterocycles. The molecule has 8 heteroatoms. The van der Waals surface area contributed by atoms with E-state index in [0.29, 0.717) is 5.56 Å². The minimum Gasteiger partial charge on any atom is -0.412 e. The highest BCUT2D eigenvalue weighted by atomic mass is 35.5. The van der Waals surface area contributed by atoms with Crippen LogP contribution in [0.15, 0.2) is 18.2 Å². The van der Waals surface area contributed by atoms with Crippen molar-refractivity contribution in [3.8, 4) is 0 Å². The zero-order valence-electron chi connectivity index (χ0n) is 15.7. The summed E-state index contributed by atoms with van der Waals surface area (Å²) in [6.07, 6.45) is -1.37. The summed E-state index contributed by atoms with van der Waals surface area (Å²) in [5.41, 5.74) is 0.421. The van der Waals surface area contributed by atoms with Crippen molar-refractivity contribution in [3.05, 3.63) is 34.6 Å². The Labute approximate surface area is 158 Å². The number of benzene rings is 1. The number of nitrogens with zero attached hydrogens (tertiary/aromatic N) is 1. The van der Waals surface area contributed by atoms with E-state index in [1.165, 1.54) is 12.1 Å². The molecule has 1 amide bonds. The summed E-state index contributed by atoms with van der Waals surface area (Å²) in [6, 6.07) is 3.70. The molecule has 1 aromatic rings. The molecule has 1 saturated heterocycles. The molecule has 0 N–H and O–H groups in total. The highest BCUT2D eigenvalue weighted by Crippen LogP contribution is 2.40. The van der Waals surface area contributed by atoms with Crippen LogP contribution in [0.2, 0.25) is 23.2 Å². The molecule has 1 atom stereocenters. The van der Waals surface area contributed by atoms with Gasteiger partial charge < -0.3 is 9.33 Å². The molecule has 1 aliphatic rings. The third-order valence-electron chi connectivity index (χ3n) is 5.15. The van der Waals surface area contributed by atoms with Crippen molar-refractivity contribution >= 4 is 25.8 Å². The first-order chi connectivity index (χ1) is 11.7. The van der Waals surface area contributed by atoms with Crippen molar-refractivity contribution in [3.63, 3.8) is 0 Å². The minimum absolute atomic E-state index is 0.0641. The monoisotopic (exact) mass is 407 g/mol. The lowest BCUT2D eigenvalue weighted by Crippen LogP contribution is -2.57. The summed E-state index contributed by atoms with van der Waals surface area (Å²) in [5.74, 6) is -5.25. The quantitative estimate of drug-likeness (QED) is 0.639. The fourth-order valence-electron chi connectivity index (χ4n) is 2.66. The molecule has 3 nitrogen and oxygen atoms in total. The fraction of sp³-hybridized carbons (Fsp3) is 0.611. The van der Waals surface area contributed by atoms with E-state index >= 15 is 0 Å². The third-order valence-corrected chi connectivity index (χ3v) is 10.0. The number of piperidine rings is 1. The number of alkyl halides is 2. The van der Waals surface area contributed by atoms with Crippen LogP contribution in [0, 0.1) is 5.82 Å². The number of hydrogen-bond acceptors (Lipinski definition) is 2. The number of hydrogen-bond donors (Lipinski definition) is 0. The maximum atomic E-state index is 14.3. The van der Waals surface area contributed by atoms with Gasteiger partial charge in [-0.15, -0.1) is 0 Å². The third kappa shape index (κ3) is 4.61. The molecule has 1 fully saturated rings. The van der Waals surface area contributed by atoms with E-state index in [2.05, 4.69) is 0 Å². The number of amides is 1. The molecule has 146 valence electrons. The summed E-state index contributed by atoms with van der Waals surface area (Å²) < 4.78 is 47.9. The second-order valence-corrected chi connectivity index (χ2v) is 13.5. The van der Waals surface area contributed by atoms with Gasteiger partial charge in [0.15, 0.2) is 8.32 Å². The molecule has 26 heavy (non-hydrogen) atoms. The van der Waals surface area contributed by atoms with Crippen molar-refractivity contribution in [2.75, 3.05) is 6.54 Å². The van der Waals surface area contributed by atoms with E-state index in [0.717, 1.165) is 11.0 Å². The van der Waals surface area contributed by atoms with Gasteiger partial charge in [0.1, 0.15) is 5.82 Å². The predicted octanol–water partition coefficient (Wildman–Crippen LogP) is 5.24. The summed E-state index contributed by atoms with van der Waals surface area (Å²) in [4.78, 5) is 13.2. The number of carbonyl (C=O) groups is 1. The van der Waals surface area contributed by atoms with Gasteiger partial charge in [0.05, 0.1) is 6.10 Å². The average Bonchev–Trinajstić information content (AvgIpc) is 2.45. The van der Waals surface area contributed by atoms with Gasteiger partial charge in [0, 0.05) is 24.5 Å². The van der Waals surface area contributed by atoms with Gasteiger partial charge in [-0.3, -0.25) is 4.79 Å². The maximum Gasteiger partial charge on any atom is 0.327 e. The van der Waals surface area contributed by atoms with E-state index in [1.807, 2.05) is 33.9 Å². The summed E-state index contributed by atoms with van der Waals surface area (Å²) in [7, 11) is -2.26. The first kappa shape index (κ1) is 21.2. The van der Waals surface area contributed by atoms with Gasteiger partial charge in [0.2, 0.25) is 0 Å². The Morgan fingerprint density at radius 2 is 1.96 bits per heavy atom. The molecule has 0 unspecified atom stereocenters. The molecule has 0 radical (unpaired) electrons. The van der Waals surface area contributed by atoms with E-state index < -0.39 is 38.5 Å². The largest absolute Gasteiger partial charge is 0.412 e. The van der Waals surface area contributed by atoms with Crippen LogP contribution in [-0.2, 0) is 15.8 Å². The molecule has 0 saturated carbocycles. The number of likely N-dealkylation sites (tertiary alicyclic amines) is 1. The Balaban J connectivity index is 2.22. The Bertz CT molecular complexity index is 692. The topological polar surface area (TPSA) is 29.5 Å². The summed E-state index contributed by atoms with van der Waals surface area (Å²) in [5, 5.41) is -0.0250. The van der Waals surface area contributed by atoms with Gasteiger partial charge in [-0.25, -0.2) is 4.39 Å². The molecule has 2 rings (SSSR count). The van der Waals surface area contributed by atoms with Crippen LogP contribution in [-0.4, -0.2) is 37.7 Å². The van der Waals surface area contributed by atoms with Gasteiger partial charge in [-0.2, -0.15) is 8.78 Å². The predicted molar refractivity (Wildman–Crippen MR) is 98.5 cm³/mol. The van der Waals surface area contributed by atoms with Crippen molar-refractivity contribution in [1.29, 1.82) is 0 Å². The molecule has 0 aliphatic carbocycles. The lowest BCUT2D eigenvalue weighted by Gasteiger charge is -2.43. The van der Waals surface area contributed by atoms with Crippen molar-refractivity contribution in [2.45, 2.75) is 63.9 Å². The van der Waals surface area contributed by atoms with Crippen molar-refractivity contribution in [1.82, 2.24) is 4.90 Å². The Morgan fingerprint density at radius 3 is 2.50 bits per heavy atom. The van der Waals surface area contributed by atoms with E-state index in [9.17, 15) is 18.0 Å². The number of carbonyl (C=O) groups excluding carboxylic acids is 1. The fourth-order valence-corrected chi connectivity index (χ4v) is 4.23. The second kappa shape index (κ2) is 7.17. The second-order valence-electron chi connectivity index (χ2n) is 8.33. The molecular formula is C18H25ClF3NO2Si. The van der Waals surface area contributed by atoms with E-state index in [1.54, 1.807) is 0 Å². The van der Waals surface area contributed by atoms with Crippen molar-refractivity contribution < 1.29 is 22.4 Å². The zero-order chi connectivity index (χ0) is 19.9. The standard InChI is InChI=1S/C18H25ClF3NO2Si/c1-17(2,3)26(4,5)25-14-9-18(21,22)16(24)23(11-14)10-12-6-7-13(20)8-15(12)19/h6-8,14H,9-11H2,1-5H3/t14-/m1/s1.